The molecule has 1 amide bonds. The molecule has 0 aromatic heterocycles. The normalized spacial score (nSPS) is 25.2. The molecule has 5 heteroatoms. The highest BCUT2D eigenvalue weighted by atomic mass is 16.6. The largest absolute Gasteiger partial charge is 0.480 e. The van der Waals surface area contributed by atoms with Crippen LogP contribution in [0.1, 0.15) is 59.8 Å². The monoisotopic (exact) mass is 311 g/mol. The molecular weight excluding hydrogens is 282 g/mol. The molecule has 22 heavy (non-hydrogen) atoms. The first-order valence-electron chi connectivity index (χ1n) is 7.99. The number of carbonyl (C=O) groups is 2. The Hall–Kier alpha value is -1.52. The van der Waals surface area contributed by atoms with E-state index in [4.69, 9.17) is 4.74 Å². The number of hydrogen-bond donors (Lipinski definition) is 2. The van der Waals surface area contributed by atoms with Crippen LogP contribution in [0.25, 0.3) is 0 Å². The molecule has 0 saturated heterocycles. The van der Waals surface area contributed by atoms with Gasteiger partial charge in [-0.15, -0.1) is 6.58 Å². The maximum Gasteiger partial charge on any atom is 0.408 e. The van der Waals surface area contributed by atoms with Crippen molar-refractivity contribution in [3.63, 3.8) is 0 Å². The first-order chi connectivity index (χ1) is 10.2. The number of aliphatic carboxylic acids is 1. The number of rotatable bonds is 8. The zero-order valence-corrected chi connectivity index (χ0v) is 14.1. The Morgan fingerprint density at radius 1 is 1.50 bits per heavy atom. The number of carboxylic acids is 1. The quantitative estimate of drug-likeness (QED) is 0.529. The lowest BCUT2D eigenvalue weighted by Crippen LogP contribution is -2.50. The Bertz CT molecular complexity index is 427. The molecule has 0 aromatic rings. The van der Waals surface area contributed by atoms with Crippen LogP contribution in [0.4, 0.5) is 4.79 Å². The van der Waals surface area contributed by atoms with E-state index in [0.717, 1.165) is 32.1 Å². The van der Waals surface area contributed by atoms with Gasteiger partial charge in [0.05, 0.1) is 0 Å². The third-order valence-electron chi connectivity index (χ3n) is 4.41. The number of carbonyl (C=O) groups excluding carboxylic acids is 1. The summed E-state index contributed by atoms with van der Waals surface area (Å²) in [5, 5.41) is 11.7. The number of amides is 1. The van der Waals surface area contributed by atoms with Crippen molar-refractivity contribution in [3.8, 4) is 0 Å². The lowest BCUT2D eigenvalue weighted by atomic mass is 9.87. The highest BCUT2D eigenvalue weighted by Crippen LogP contribution is 2.52. The fourth-order valence-electron chi connectivity index (χ4n) is 2.84. The third kappa shape index (κ3) is 4.75. The number of ether oxygens (including phenoxy) is 1. The summed E-state index contributed by atoms with van der Waals surface area (Å²) in [6, 6.07) is -0.966. The van der Waals surface area contributed by atoms with Crippen molar-refractivity contribution >= 4 is 12.1 Å². The van der Waals surface area contributed by atoms with E-state index < -0.39 is 29.1 Å². The molecule has 0 aromatic carbocycles. The lowest BCUT2D eigenvalue weighted by molar-refractivity contribution is -0.142. The van der Waals surface area contributed by atoms with E-state index in [0.29, 0.717) is 5.92 Å². The van der Waals surface area contributed by atoms with Crippen LogP contribution in [0, 0.1) is 11.3 Å². The lowest BCUT2D eigenvalue weighted by Gasteiger charge is -2.28. The highest BCUT2D eigenvalue weighted by molar-refractivity contribution is 5.80. The maximum absolute atomic E-state index is 12.1. The van der Waals surface area contributed by atoms with Crippen LogP contribution in [0.3, 0.4) is 0 Å². The number of carboxylic acid groups (broad SMARTS) is 1. The number of hydrogen-bond acceptors (Lipinski definition) is 3. The van der Waals surface area contributed by atoms with E-state index in [1.165, 1.54) is 0 Å². The van der Waals surface area contributed by atoms with Crippen LogP contribution in [-0.2, 0) is 9.53 Å². The Morgan fingerprint density at radius 2 is 2.14 bits per heavy atom. The van der Waals surface area contributed by atoms with Gasteiger partial charge >= 0.3 is 12.1 Å². The minimum atomic E-state index is -1.05. The van der Waals surface area contributed by atoms with Crippen LogP contribution in [-0.4, -0.2) is 28.8 Å². The predicted octanol–water partition coefficient (Wildman–Crippen LogP) is 3.74. The minimum absolute atomic E-state index is 0.376. The molecule has 1 saturated carbocycles. The standard InChI is InChI=1S/C17H29NO4/c1-6-8-9-10-12-11-17(12,7-2)22-15(21)18-13(14(19)20)16(3,4)5/h6,12-13H,1,7-11H2,2-5H3,(H,18,21)(H,19,20)/t12-,13-,17-/m1/s1. The molecule has 0 bridgehead atoms. The second-order valence-corrected chi connectivity index (χ2v) is 7.21. The topological polar surface area (TPSA) is 75.6 Å². The van der Waals surface area contributed by atoms with Gasteiger partial charge in [-0.1, -0.05) is 33.8 Å². The van der Waals surface area contributed by atoms with Crippen LogP contribution in [0.15, 0.2) is 12.7 Å². The van der Waals surface area contributed by atoms with E-state index in [9.17, 15) is 14.7 Å². The van der Waals surface area contributed by atoms with Gasteiger partial charge in [-0.2, -0.15) is 0 Å². The van der Waals surface area contributed by atoms with Gasteiger partial charge < -0.3 is 15.2 Å². The van der Waals surface area contributed by atoms with Gasteiger partial charge in [0.25, 0.3) is 0 Å². The van der Waals surface area contributed by atoms with Gasteiger partial charge in [0.1, 0.15) is 11.6 Å². The molecule has 2 N–H and O–H groups in total. The molecule has 0 aliphatic heterocycles. The predicted molar refractivity (Wildman–Crippen MR) is 85.7 cm³/mol. The Morgan fingerprint density at radius 3 is 2.59 bits per heavy atom. The van der Waals surface area contributed by atoms with Crippen molar-refractivity contribution in [2.75, 3.05) is 0 Å². The molecule has 0 radical (unpaired) electrons. The Balaban J connectivity index is 2.56. The zero-order chi connectivity index (χ0) is 17.0. The zero-order valence-electron chi connectivity index (χ0n) is 14.1. The number of allylic oxidation sites excluding steroid dienone is 1. The van der Waals surface area contributed by atoms with Crippen molar-refractivity contribution < 1.29 is 19.4 Å². The van der Waals surface area contributed by atoms with Crippen molar-refractivity contribution in [2.45, 2.75) is 71.4 Å². The summed E-state index contributed by atoms with van der Waals surface area (Å²) in [6.07, 6.45) is 5.90. The first-order valence-corrected chi connectivity index (χ1v) is 7.99. The van der Waals surface area contributed by atoms with Gasteiger partial charge in [0, 0.05) is 5.92 Å². The molecule has 0 spiro atoms. The smallest absolute Gasteiger partial charge is 0.408 e. The van der Waals surface area contributed by atoms with E-state index in [2.05, 4.69) is 11.9 Å². The SMILES string of the molecule is C=CCCC[C@@H]1C[C@@]1(CC)OC(=O)N[C@H](C(=O)O)C(C)(C)C. The van der Waals surface area contributed by atoms with Crippen LogP contribution in [0.2, 0.25) is 0 Å². The van der Waals surface area contributed by atoms with E-state index >= 15 is 0 Å². The van der Waals surface area contributed by atoms with Crippen molar-refractivity contribution in [2.24, 2.45) is 11.3 Å². The molecule has 0 heterocycles. The minimum Gasteiger partial charge on any atom is -0.480 e. The van der Waals surface area contributed by atoms with Gasteiger partial charge in [-0.05, 0) is 37.5 Å². The molecule has 1 rings (SSSR count). The molecule has 5 nitrogen and oxygen atoms in total. The number of unbranched alkanes of at least 4 members (excludes halogenated alkanes) is 1. The van der Waals surface area contributed by atoms with Crippen LogP contribution < -0.4 is 5.32 Å². The van der Waals surface area contributed by atoms with Gasteiger partial charge in [0.2, 0.25) is 0 Å². The fraction of sp³-hybridized carbons (Fsp3) is 0.765. The maximum atomic E-state index is 12.1. The molecule has 1 aliphatic carbocycles. The number of alkyl carbamates (subject to hydrolysis) is 1. The Labute approximate surface area is 133 Å². The van der Waals surface area contributed by atoms with Crippen molar-refractivity contribution in [1.29, 1.82) is 0 Å². The highest BCUT2D eigenvalue weighted by Gasteiger charge is 2.56. The summed E-state index contributed by atoms with van der Waals surface area (Å²) in [5.74, 6) is -0.672. The van der Waals surface area contributed by atoms with Crippen LogP contribution >= 0.6 is 0 Å². The molecule has 1 aliphatic rings. The van der Waals surface area contributed by atoms with E-state index in [1.807, 2.05) is 13.0 Å². The van der Waals surface area contributed by atoms with E-state index in [1.54, 1.807) is 20.8 Å². The number of nitrogens with one attached hydrogen (secondary N) is 1. The fourth-order valence-corrected chi connectivity index (χ4v) is 2.84. The third-order valence-corrected chi connectivity index (χ3v) is 4.41. The van der Waals surface area contributed by atoms with Gasteiger partial charge in [-0.3, -0.25) is 0 Å². The van der Waals surface area contributed by atoms with E-state index in [-0.39, 0.29) is 0 Å². The van der Waals surface area contributed by atoms with Crippen LogP contribution in [0.5, 0.6) is 0 Å². The molecule has 126 valence electrons. The van der Waals surface area contributed by atoms with Crippen molar-refractivity contribution in [1.82, 2.24) is 5.32 Å². The summed E-state index contributed by atoms with van der Waals surface area (Å²) >= 11 is 0. The second kappa shape index (κ2) is 7.16. The summed E-state index contributed by atoms with van der Waals surface area (Å²) < 4.78 is 5.58. The molecule has 0 unspecified atom stereocenters. The first kappa shape index (κ1) is 18.5. The average molecular weight is 311 g/mol. The van der Waals surface area contributed by atoms with Crippen molar-refractivity contribution in [3.05, 3.63) is 12.7 Å². The molecular formula is C17H29NO4. The Kier molecular flexibility index (Phi) is 6.03. The van der Waals surface area contributed by atoms with Gasteiger partial charge in [-0.25, -0.2) is 9.59 Å². The summed E-state index contributed by atoms with van der Waals surface area (Å²) in [5.41, 5.74) is -0.983. The average Bonchev–Trinajstić information content (AvgIpc) is 3.08. The van der Waals surface area contributed by atoms with Gasteiger partial charge in [0.15, 0.2) is 0 Å². The molecule has 3 atom stereocenters. The second-order valence-electron chi connectivity index (χ2n) is 7.21. The summed E-state index contributed by atoms with van der Waals surface area (Å²) in [6.45, 7) is 11.0. The summed E-state index contributed by atoms with van der Waals surface area (Å²) in [7, 11) is 0. The molecule has 1 fully saturated rings. The summed E-state index contributed by atoms with van der Waals surface area (Å²) in [4.78, 5) is 23.4.